The summed E-state index contributed by atoms with van der Waals surface area (Å²) in [5, 5.41) is 0. The van der Waals surface area contributed by atoms with Crippen molar-refractivity contribution in [2.24, 2.45) is 5.73 Å². The number of hydrogen-bond acceptors (Lipinski definition) is 4. The van der Waals surface area contributed by atoms with Gasteiger partial charge in [-0.15, -0.1) is 0 Å². The molecule has 62 valence electrons. The van der Waals surface area contributed by atoms with Crippen molar-refractivity contribution in [1.29, 1.82) is 0 Å². The van der Waals surface area contributed by atoms with Crippen LogP contribution in [0, 0.1) is 0 Å². The van der Waals surface area contributed by atoms with Crippen LogP contribution >= 0.6 is 0 Å². The molecule has 0 atom stereocenters. The lowest BCUT2D eigenvalue weighted by Crippen LogP contribution is -2.02. The molecule has 4 heteroatoms. The van der Waals surface area contributed by atoms with Gasteiger partial charge in [0.1, 0.15) is 5.76 Å². The van der Waals surface area contributed by atoms with Gasteiger partial charge in [-0.25, -0.2) is 4.98 Å². The van der Waals surface area contributed by atoms with Crippen molar-refractivity contribution in [3.63, 3.8) is 0 Å². The molecule has 0 radical (unpaired) electrons. The summed E-state index contributed by atoms with van der Waals surface area (Å²) in [4.78, 5) is 3.94. The Morgan fingerprint density at radius 1 is 1.73 bits per heavy atom. The lowest BCUT2D eigenvalue weighted by atomic mass is 10.3. The first-order valence-electron chi connectivity index (χ1n) is 3.48. The average molecular weight is 156 g/mol. The zero-order valence-electron chi connectivity index (χ0n) is 6.54. The van der Waals surface area contributed by atoms with Crippen molar-refractivity contribution in [1.82, 2.24) is 4.98 Å². The summed E-state index contributed by atoms with van der Waals surface area (Å²) in [6.45, 7) is 1.07. The monoisotopic (exact) mass is 156 g/mol. The van der Waals surface area contributed by atoms with E-state index in [4.69, 9.17) is 14.9 Å². The first kappa shape index (κ1) is 8.23. The Morgan fingerprint density at radius 2 is 2.55 bits per heavy atom. The molecule has 1 heterocycles. The number of oxazole rings is 1. The minimum atomic E-state index is 0.426. The topological polar surface area (TPSA) is 61.3 Å². The highest BCUT2D eigenvalue weighted by Gasteiger charge is 2.04. The van der Waals surface area contributed by atoms with Crippen molar-refractivity contribution < 1.29 is 9.15 Å². The summed E-state index contributed by atoms with van der Waals surface area (Å²) in [6.07, 6.45) is 2.15. The van der Waals surface area contributed by atoms with Gasteiger partial charge in [0.25, 0.3) is 0 Å². The predicted octanol–water partition coefficient (Wildman–Crippen LogP) is 0.322. The van der Waals surface area contributed by atoms with Crippen LogP contribution in [0.2, 0.25) is 0 Å². The lowest BCUT2D eigenvalue weighted by molar-refractivity contribution is 0.196. The normalized spacial score (nSPS) is 10.4. The molecule has 0 saturated heterocycles. The lowest BCUT2D eigenvalue weighted by Gasteiger charge is -1.96. The van der Waals surface area contributed by atoms with Gasteiger partial charge in [-0.1, -0.05) is 0 Å². The van der Waals surface area contributed by atoms with Crippen LogP contribution in [0.5, 0.6) is 0 Å². The largest absolute Gasteiger partial charge is 0.448 e. The molecule has 1 rings (SSSR count). The van der Waals surface area contributed by atoms with Gasteiger partial charge in [0.05, 0.1) is 12.3 Å². The van der Waals surface area contributed by atoms with Crippen LogP contribution < -0.4 is 5.73 Å². The third-order valence-corrected chi connectivity index (χ3v) is 1.45. The Kier molecular flexibility index (Phi) is 3.07. The van der Waals surface area contributed by atoms with Gasteiger partial charge in [0, 0.05) is 20.1 Å². The van der Waals surface area contributed by atoms with Crippen LogP contribution in [-0.2, 0) is 17.7 Å². The molecule has 0 aliphatic heterocycles. The molecule has 0 aliphatic carbocycles. The van der Waals surface area contributed by atoms with Gasteiger partial charge in [0.15, 0.2) is 6.39 Å². The van der Waals surface area contributed by atoms with Crippen LogP contribution in [0.1, 0.15) is 11.5 Å². The Balaban J connectivity index is 2.54. The van der Waals surface area contributed by atoms with Crippen LogP contribution in [0.4, 0.5) is 0 Å². The molecule has 0 bridgehead atoms. The van der Waals surface area contributed by atoms with Crippen LogP contribution in [0.3, 0.4) is 0 Å². The van der Waals surface area contributed by atoms with E-state index in [1.807, 2.05) is 0 Å². The molecular weight excluding hydrogens is 144 g/mol. The number of hydrogen-bond donors (Lipinski definition) is 1. The number of rotatable bonds is 4. The Hall–Kier alpha value is -0.870. The summed E-state index contributed by atoms with van der Waals surface area (Å²) in [5.41, 5.74) is 6.22. The maximum Gasteiger partial charge on any atom is 0.181 e. The van der Waals surface area contributed by atoms with E-state index in [0.717, 1.165) is 17.9 Å². The highest BCUT2D eigenvalue weighted by molar-refractivity contribution is 5.06. The summed E-state index contributed by atoms with van der Waals surface area (Å²) < 4.78 is 9.97. The van der Waals surface area contributed by atoms with E-state index in [9.17, 15) is 0 Å². The second-order valence-electron chi connectivity index (χ2n) is 2.17. The van der Waals surface area contributed by atoms with Crippen molar-refractivity contribution in [2.75, 3.05) is 13.7 Å². The highest BCUT2D eigenvalue weighted by atomic mass is 16.5. The van der Waals surface area contributed by atoms with E-state index in [-0.39, 0.29) is 0 Å². The van der Waals surface area contributed by atoms with Crippen molar-refractivity contribution in [3.8, 4) is 0 Å². The Morgan fingerprint density at radius 3 is 3.18 bits per heavy atom. The van der Waals surface area contributed by atoms with Crippen LogP contribution in [-0.4, -0.2) is 18.7 Å². The van der Waals surface area contributed by atoms with E-state index in [1.54, 1.807) is 7.11 Å². The van der Waals surface area contributed by atoms with Crippen LogP contribution in [0.15, 0.2) is 10.8 Å². The molecule has 0 fully saturated rings. The quantitative estimate of drug-likeness (QED) is 0.682. The third kappa shape index (κ3) is 2.03. The summed E-state index contributed by atoms with van der Waals surface area (Å²) >= 11 is 0. The van der Waals surface area contributed by atoms with Gasteiger partial charge in [-0.2, -0.15) is 0 Å². The fourth-order valence-corrected chi connectivity index (χ4v) is 0.858. The molecule has 0 unspecified atom stereocenters. The third-order valence-electron chi connectivity index (χ3n) is 1.45. The fourth-order valence-electron chi connectivity index (χ4n) is 0.858. The SMILES string of the molecule is COCCc1ocnc1CN. The predicted molar refractivity (Wildman–Crippen MR) is 40.0 cm³/mol. The van der Waals surface area contributed by atoms with E-state index in [2.05, 4.69) is 4.98 Å². The van der Waals surface area contributed by atoms with Crippen molar-refractivity contribution in [2.45, 2.75) is 13.0 Å². The van der Waals surface area contributed by atoms with Gasteiger partial charge in [-0.3, -0.25) is 0 Å². The van der Waals surface area contributed by atoms with E-state index >= 15 is 0 Å². The number of ether oxygens (including phenoxy) is 1. The molecule has 4 nitrogen and oxygen atoms in total. The molecule has 11 heavy (non-hydrogen) atoms. The van der Waals surface area contributed by atoms with Gasteiger partial charge in [-0.05, 0) is 0 Å². The standard InChI is InChI=1S/C7H12N2O2/c1-10-3-2-7-6(4-8)9-5-11-7/h5H,2-4,8H2,1H3. The molecule has 0 spiro atoms. The first-order valence-corrected chi connectivity index (χ1v) is 3.48. The minimum absolute atomic E-state index is 0.426. The van der Waals surface area contributed by atoms with E-state index in [1.165, 1.54) is 6.39 Å². The maximum absolute atomic E-state index is 5.40. The molecule has 2 N–H and O–H groups in total. The van der Waals surface area contributed by atoms with E-state index < -0.39 is 0 Å². The van der Waals surface area contributed by atoms with Crippen molar-refractivity contribution in [3.05, 3.63) is 17.8 Å². The summed E-state index contributed by atoms with van der Waals surface area (Å²) in [7, 11) is 1.65. The Labute approximate surface area is 65.4 Å². The second kappa shape index (κ2) is 4.10. The van der Waals surface area contributed by atoms with Gasteiger partial charge in [0.2, 0.25) is 0 Å². The molecule has 0 aromatic carbocycles. The fraction of sp³-hybridized carbons (Fsp3) is 0.571. The zero-order chi connectivity index (χ0) is 8.10. The second-order valence-corrected chi connectivity index (χ2v) is 2.17. The molecular formula is C7H12N2O2. The Bertz CT molecular complexity index is 210. The number of nitrogens with zero attached hydrogens (tertiary/aromatic N) is 1. The zero-order valence-corrected chi connectivity index (χ0v) is 6.54. The number of nitrogens with two attached hydrogens (primary N) is 1. The van der Waals surface area contributed by atoms with E-state index in [0.29, 0.717) is 13.2 Å². The van der Waals surface area contributed by atoms with Gasteiger partial charge < -0.3 is 14.9 Å². The molecule has 1 aromatic rings. The number of methoxy groups -OCH3 is 1. The van der Waals surface area contributed by atoms with Crippen molar-refractivity contribution >= 4 is 0 Å². The van der Waals surface area contributed by atoms with Gasteiger partial charge >= 0.3 is 0 Å². The average Bonchev–Trinajstić information content (AvgIpc) is 2.47. The molecule has 0 saturated carbocycles. The molecule has 1 aromatic heterocycles. The first-order chi connectivity index (χ1) is 5.38. The van der Waals surface area contributed by atoms with Crippen LogP contribution in [0.25, 0.3) is 0 Å². The number of aromatic nitrogens is 1. The summed E-state index contributed by atoms with van der Waals surface area (Å²) in [5.74, 6) is 0.828. The summed E-state index contributed by atoms with van der Waals surface area (Å²) in [6, 6.07) is 0. The molecule has 0 amide bonds. The maximum atomic E-state index is 5.40. The minimum Gasteiger partial charge on any atom is -0.448 e. The highest BCUT2D eigenvalue weighted by Crippen LogP contribution is 2.06. The molecule has 0 aliphatic rings. The smallest absolute Gasteiger partial charge is 0.181 e.